The summed E-state index contributed by atoms with van der Waals surface area (Å²) >= 11 is 4.72. The van der Waals surface area contributed by atoms with Gasteiger partial charge in [-0.1, -0.05) is 6.07 Å². The zero-order valence-electron chi connectivity index (χ0n) is 9.32. The average molecular weight is 237 g/mol. The van der Waals surface area contributed by atoms with E-state index in [9.17, 15) is 0 Å². The number of nitrogens with one attached hydrogen (secondary N) is 2. The number of nitrogens with two attached hydrogens (primary N) is 1. The number of hydrogen-bond donors (Lipinski definition) is 3. The van der Waals surface area contributed by atoms with Gasteiger partial charge in [0.1, 0.15) is 0 Å². The fraction of sp³-hybridized carbons (Fsp3) is 0.300. The molecule has 0 fully saturated rings. The van der Waals surface area contributed by atoms with Crippen LogP contribution in [0, 0.1) is 6.92 Å². The fourth-order valence-electron chi connectivity index (χ4n) is 1.17. The topological polar surface area (TPSA) is 75.3 Å². The molecule has 0 aliphatic carbocycles. The molecule has 6 heteroatoms. The molecule has 0 spiro atoms. The molecule has 0 saturated carbocycles. The zero-order valence-corrected chi connectivity index (χ0v) is 10.1. The maximum atomic E-state index is 5.35. The molecule has 86 valence electrons. The monoisotopic (exact) mass is 237 g/mol. The number of aryl methyl sites for hydroxylation is 1. The molecule has 1 rings (SSSR count). The number of nitrogens with zero attached hydrogens (tertiary/aromatic N) is 2. The second-order valence-corrected chi connectivity index (χ2v) is 3.62. The first-order valence-corrected chi connectivity index (χ1v) is 5.22. The van der Waals surface area contributed by atoms with Gasteiger partial charge in [0.15, 0.2) is 11.1 Å². The van der Waals surface area contributed by atoms with Gasteiger partial charge in [0.05, 0.1) is 12.2 Å². The van der Waals surface area contributed by atoms with Gasteiger partial charge in [-0.25, -0.2) is 0 Å². The van der Waals surface area contributed by atoms with Crippen molar-refractivity contribution in [3.63, 3.8) is 0 Å². The van der Waals surface area contributed by atoms with E-state index < -0.39 is 0 Å². The van der Waals surface area contributed by atoms with Gasteiger partial charge in [-0.3, -0.25) is 9.98 Å². The van der Waals surface area contributed by atoms with Gasteiger partial charge in [0, 0.05) is 13.2 Å². The Kier molecular flexibility index (Phi) is 4.65. The Morgan fingerprint density at radius 1 is 1.62 bits per heavy atom. The molecule has 1 aromatic heterocycles. The molecule has 0 aromatic carbocycles. The lowest BCUT2D eigenvalue weighted by molar-refractivity contribution is 0.842. The SMILES string of the molecule is CN=C(NCc1ncccc1C)NC(N)=S. The van der Waals surface area contributed by atoms with Crippen LogP contribution in [0.5, 0.6) is 0 Å². The average Bonchev–Trinajstić information content (AvgIpc) is 2.25. The van der Waals surface area contributed by atoms with Crippen LogP contribution >= 0.6 is 12.2 Å². The number of thiocarbonyl (C=S) groups is 1. The van der Waals surface area contributed by atoms with Gasteiger partial charge in [-0.05, 0) is 30.8 Å². The molecular formula is C10H15N5S. The molecule has 0 saturated heterocycles. The summed E-state index contributed by atoms with van der Waals surface area (Å²) in [6.45, 7) is 2.59. The number of hydrogen-bond acceptors (Lipinski definition) is 3. The minimum Gasteiger partial charge on any atom is -0.376 e. The molecule has 0 aliphatic rings. The quantitative estimate of drug-likeness (QED) is 0.392. The molecule has 4 N–H and O–H groups in total. The minimum atomic E-state index is 0.186. The summed E-state index contributed by atoms with van der Waals surface area (Å²) in [6, 6.07) is 3.91. The summed E-state index contributed by atoms with van der Waals surface area (Å²) in [4.78, 5) is 8.23. The third-order valence-electron chi connectivity index (χ3n) is 2.01. The molecule has 0 radical (unpaired) electrons. The van der Waals surface area contributed by atoms with Crippen molar-refractivity contribution in [1.29, 1.82) is 0 Å². The highest BCUT2D eigenvalue weighted by atomic mass is 32.1. The third-order valence-corrected chi connectivity index (χ3v) is 2.11. The maximum absolute atomic E-state index is 5.35. The molecule has 1 heterocycles. The van der Waals surface area contributed by atoms with Crippen LogP contribution in [0.4, 0.5) is 0 Å². The predicted octanol–water partition coefficient (Wildman–Crippen LogP) is 0.299. The van der Waals surface area contributed by atoms with Crippen LogP contribution in [0.3, 0.4) is 0 Å². The Balaban J connectivity index is 2.57. The van der Waals surface area contributed by atoms with Gasteiger partial charge < -0.3 is 16.4 Å². The van der Waals surface area contributed by atoms with E-state index in [0.717, 1.165) is 11.3 Å². The third kappa shape index (κ3) is 3.82. The molecule has 0 unspecified atom stereocenters. The van der Waals surface area contributed by atoms with Crippen LogP contribution in [0.1, 0.15) is 11.3 Å². The molecule has 0 atom stereocenters. The van der Waals surface area contributed by atoms with Crippen molar-refractivity contribution in [2.45, 2.75) is 13.5 Å². The van der Waals surface area contributed by atoms with Gasteiger partial charge >= 0.3 is 0 Å². The Bertz CT molecular complexity index is 402. The van der Waals surface area contributed by atoms with Gasteiger partial charge in [0.2, 0.25) is 0 Å². The first-order valence-electron chi connectivity index (χ1n) is 4.81. The lowest BCUT2D eigenvalue weighted by Crippen LogP contribution is -2.43. The molecule has 16 heavy (non-hydrogen) atoms. The van der Waals surface area contributed by atoms with Crippen molar-refractivity contribution in [2.75, 3.05) is 7.05 Å². The number of aliphatic imine (C=N–C) groups is 1. The van der Waals surface area contributed by atoms with Crippen LogP contribution in [0.2, 0.25) is 0 Å². The maximum Gasteiger partial charge on any atom is 0.197 e. The molecular weight excluding hydrogens is 222 g/mol. The molecule has 0 aliphatic heterocycles. The first kappa shape index (κ1) is 12.4. The van der Waals surface area contributed by atoms with E-state index in [4.69, 9.17) is 18.0 Å². The first-order chi connectivity index (χ1) is 7.63. The van der Waals surface area contributed by atoms with E-state index >= 15 is 0 Å². The summed E-state index contributed by atoms with van der Waals surface area (Å²) in [5.74, 6) is 0.539. The number of pyridine rings is 1. The predicted molar refractivity (Wildman–Crippen MR) is 69.1 cm³/mol. The van der Waals surface area contributed by atoms with Crippen molar-refractivity contribution in [3.8, 4) is 0 Å². The van der Waals surface area contributed by atoms with Crippen molar-refractivity contribution < 1.29 is 0 Å². The van der Waals surface area contributed by atoms with Gasteiger partial charge in [-0.15, -0.1) is 0 Å². The summed E-state index contributed by atoms with van der Waals surface area (Å²) in [6.07, 6.45) is 1.76. The van der Waals surface area contributed by atoms with Gasteiger partial charge in [-0.2, -0.15) is 0 Å². The second-order valence-electron chi connectivity index (χ2n) is 3.18. The van der Waals surface area contributed by atoms with E-state index in [1.165, 1.54) is 0 Å². The van der Waals surface area contributed by atoms with E-state index in [-0.39, 0.29) is 5.11 Å². The Labute approximate surface area is 100 Å². The summed E-state index contributed by atoms with van der Waals surface area (Å²) in [5, 5.41) is 5.99. The molecule has 0 bridgehead atoms. The van der Waals surface area contributed by atoms with E-state index in [2.05, 4.69) is 20.6 Å². The Morgan fingerprint density at radius 2 is 2.38 bits per heavy atom. The van der Waals surface area contributed by atoms with Crippen molar-refractivity contribution >= 4 is 23.3 Å². The number of aromatic nitrogens is 1. The largest absolute Gasteiger partial charge is 0.376 e. The van der Waals surface area contributed by atoms with Crippen molar-refractivity contribution in [2.24, 2.45) is 10.7 Å². The number of guanidine groups is 1. The van der Waals surface area contributed by atoms with Crippen LogP contribution in [0.15, 0.2) is 23.3 Å². The fourth-order valence-corrected chi connectivity index (χ4v) is 1.26. The smallest absolute Gasteiger partial charge is 0.197 e. The van der Waals surface area contributed by atoms with E-state index in [1.54, 1.807) is 13.2 Å². The highest BCUT2D eigenvalue weighted by Gasteiger charge is 2.01. The van der Waals surface area contributed by atoms with E-state index in [1.807, 2.05) is 19.1 Å². The summed E-state index contributed by atoms with van der Waals surface area (Å²) in [7, 11) is 1.65. The minimum absolute atomic E-state index is 0.186. The highest BCUT2D eigenvalue weighted by molar-refractivity contribution is 7.80. The highest BCUT2D eigenvalue weighted by Crippen LogP contribution is 2.01. The van der Waals surface area contributed by atoms with Crippen LogP contribution in [-0.4, -0.2) is 23.1 Å². The Morgan fingerprint density at radius 3 is 2.94 bits per heavy atom. The molecule has 0 amide bonds. The molecule has 5 nitrogen and oxygen atoms in total. The van der Waals surface area contributed by atoms with Crippen molar-refractivity contribution in [3.05, 3.63) is 29.6 Å². The van der Waals surface area contributed by atoms with Crippen molar-refractivity contribution in [1.82, 2.24) is 15.6 Å². The number of rotatable bonds is 2. The van der Waals surface area contributed by atoms with E-state index in [0.29, 0.717) is 12.5 Å². The second kappa shape index (κ2) is 6.02. The lowest BCUT2D eigenvalue weighted by Gasteiger charge is -2.10. The Hall–Kier alpha value is -1.69. The summed E-state index contributed by atoms with van der Waals surface area (Å²) < 4.78 is 0. The standard InChI is InChI=1S/C10H15N5S/c1-7-4-3-5-13-8(7)6-14-10(12-2)15-9(11)16/h3-5H,6H2,1-2H3,(H4,11,12,14,15,16). The van der Waals surface area contributed by atoms with Gasteiger partial charge in [0.25, 0.3) is 0 Å². The summed E-state index contributed by atoms with van der Waals surface area (Å²) in [5.41, 5.74) is 7.44. The van der Waals surface area contributed by atoms with Crippen LogP contribution in [-0.2, 0) is 6.54 Å². The lowest BCUT2D eigenvalue weighted by atomic mass is 10.2. The van der Waals surface area contributed by atoms with Crippen LogP contribution in [0.25, 0.3) is 0 Å². The van der Waals surface area contributed by atoms with Crippen LogP contribution < -0.4 is 16.4 Å². The zero-order chi connectivity index (χ0) is 12.0. The normalized spacial score (nSPS) is 11.0. The molecule has 1 aromatic rings.